The molecule has 16 heavy (non-hydrogen) atoms. The van der Waals surface area contributed by atoms with Crippen LogP contribution in [0.4, 0.5) is 0 Å². The Balaban J connectivity index is 2.67. The van der Waals surface area contributed by atoms with Crippen molar-refractivity contribution in [1.29, 1.82) is 0 Å². The molecular formula is C11H16O5. The second-order valence-electron chi connectivity index (χ2n) is 3.41. The molecule has 0 atom stereocenters. The smallest absolute Gasteiger partial charge is 0.227 e. The number of rotatable bonds is 6. The summed E-state index contributed by atoms with van der Waals surface area (Å²) in [6, 6.07) is 1.17. The van der Waals surface area contributed by atoms with Crippen molar-refractivity contribution in [3.63, 3.8) is 0 Å². The summed E-state index contributed by atoms with van der Waals surface area (Å²) in [5.74, 6) is -0.357. The fraction of sp³-hybridized carbons (Fsp3) is 0.545. The minimum Gasteiger partial charge on any atom is -0.502 e. The molecule has 1 aromatic rings. The molecule has 0 amide bonds. The van der Waals surface area contributed by atoms with E-state index in [1.54, 1.807) is 0 Å². The first-order valence-corrected chi connectivity index (χ1v) is 5.22. The fourth-order valence-corrected chi connectivity index (χ4v) is 1.19. The summed E-state index contributed by atoms with van der Waals surface area (Å²) in [5, 5.41) is 18.1. The molecule has 0 unspecified atom stereocenters. The van der Waals surface area contributed by atoms with Crippen molar-refractivity contribution in [2.75, 3.05) is 6.61 Å². The van der Waals surface area contributed by atoms with Crippen LogP contribution in [-0.2, 0) is 18.0 Å². The molecule has 0 aromatic carbocycles. The molecule has 5 nitrogen and oxygen atoms in total. The Hall–Kier alpha value is -1.33. The molecule has 0 bridgehead atoms. The van der Waals surface area contributed by atoms with Crippen molar-refractivity contribution in [1.82, 2.24) is 0 Å². The van der Waals surface area contributed by atoms with Crippen LogP contribution >= 0.6 is 0 Å². The van der Waals surface area contributed by atoms with Gasteiger partial charge in [-0.15, -0.1) is 0 Å². The molecule has 0 fully saturated rings. The Labute approximate surface area is 93.3 Å². The zero-order valence-electron chi connectivity index (χ0n) is 9.23. The van der Waals surface area contributed by atoms with Crippen LogP contribution in [-0.4, -0.2) is 16.8 Å². The van der Waals surface area contributed by atoms with Crippen LogP contribution in [0.2, 0.25) is 0 Å². The van der Waals surface area contributed by atoms with Gasteiger partial charge in [0.15, 0.2) is 5.76 Å². The Morgan fingerprint density at radius 1 is 1.50 bits per heavy atom. The van der Waals surface area contributed by atoms with E-state index in [-0.39, 0.29) is 12.4 Å². The molecule has 0 radical (unpaired) electrons. The average molecular weight is 228 g/mol. The maximum absolute atomic E-state index is 11.2. The van der Waals surface area contributed by atoms with Crippen LogP contribution in [0.25, 0.3) is 0 Å². The van der Waals surface area contributed by atoms with Crippen LogP contribution in [0.3, 0.4) is 0 Å². The van der Waals surface area contributed by atoms with Gasteiger partial charge >= 0.3 is 0 Å². The van der Waals surface area contributed by atoms with Crippen LogP contribution in [0.1, 0.15) is 31.3 Å². The van der Waals surface area contributed by atoms with E-state index in [0.29, 0.717) is 12.4 Å². The molecule has 90 valence electrons. The van der Waals surface area contributed by atoms with E-state index in [2.05, 4.69) is 0 Å². The number of aliphatic hydroxyl groups excluding tert-OH is 1. The van der Waals surface area contributed by atoms with Gasteiger partial charge in [0.25, 0.3) is 0 Å². The lowest BCUT2D eigenvalue weighted by molar-refractivity contribution is 0.0979. The number of hydrogen-bond acceptors (Lipinski definition) is 5. The second kappa shape index (κ2) is 6.30. The van der Waals surface area contributed by atoms with E-state index in [9.17, 15) is 9.90 Å². The van der Waals surface area contributed by atoms with Gasteiger partial charge in [-0.05, 0) is 6.42 Å². The predicted molar refractivity (Wildman–Crippen MR) is 57.1 cm³/mol. The van der Waals surface area contributed by atoms with E-state index < -0.39 is 17.8 Å². The third-order valence-corrected chi connectivity index (χ3v) is 2.07. The molecule has 0 aliphatic carbocycles. The van der Waals surface area contributed by atoms with E-state index in [1.807, 2.05) is 6.92 Å². The first-order chi connectivity index (χ1) is 7.69. The predicted octanol–water partition coefficient (Wildman–Crippen LogP) is 1.15. The summed E-state index contributed by atoms with van der Waals surface area (Å²) < 4.78 is 10.4. The van der Waals surface area contributed by atoms with Gasteiger partial charge in [0.05, 0.1) is 0 Å². The third-order valence-electron chi connectivity index (χ3n) is 2.07. The van der Waals surface area contributed by atoms with Crippen molar-refractivity contribution in [3.05, 3.63) is 27.8 Å². The van der Waals surface area contributed by atoms with E-state index in [0.717, 1.165) is 12.8 Å². The SMILES string of the molecule is CCCCOCc1cc(=O)c(O)c(CO)o1. The lowest BCUT2D eigenvalue weighted by atomic mass is 10.3. The molecule has 1 rings (SSSR count). The van der Waals surface area contributed by atoms with E-state index in [1.165, 1.54) is 6.07 Å². The standard InChI is InChI=1S/C11H16O5/c1-2-3-4-15-7-8-5-9(13)11(14)10(6-12)16-8/h5,12,14H,2-4,6-7H2,1H3. The molecule has 2 N–H and O–H groups in total. The zero-order valence-corrected chi connectivity index (χ0v) is 9.23. The minimum absolute atomic E-state index is 0.124. The summed E-state index contributed by atoms with van der Waals surface area (Å²) in [6.45, 7) is 2.30. The average Bonchev–Trinajstić information content (AvgIpc) is 2.29. The van der Waals surface area contributed by atoms with Crippen molar-refractivity contribution in [2.24, 2.45) is 0 Å². The van der Waals surface area contributed by atoms with Gasteiger partial charge in [0.1, 0.15) is 19.0 Å². The minimum atomic E-state index is -0.565. The molecule has 1 aromatic heterocycles. The fourth-order valence-electron chi connectivity index (χ4n) is 1.19. The molecule has 5 heteroatoms. The molecule has 1 heterocycles. The van der Waals surface area contributed by atoms with Crippen LogP contribution < -0.4 is 5.43 Å². The van der Waals surface area contributed by atoms with Crippen LogP contribution in [0, 0.1) is 0 Å². The summed E-state index contributed by atoms with van der Waals surface area (Å²) in [6.07, 6.45) is 1.97. The van der Waals surface area contributed by atoms with Gasteiger partial charge in [-0.2, -0.15) is 0 Å². The highest BCUT2D eigenvalue weighted by Gasteiger charge is 2.09. The largest absolute Gasteiger partial charge is 0.502 e. The number of hydrogen-bond donors (Lipinski definition) is 2. The Kier molecular flexibility index (Phi) is 5.01. The van der Waals surface area contributed by atoms with E-state index >= 15 is 0 Å². The summed E-state index contributed by atoms with van der Waals surface area (Å²) >= 11 is 0. The van der Waals surface area contributed by atoms with Gasteiger partial charge in [0, 0.05) is 12.7 Å². The van der Waals surface area contributed by atoms with Crippen molar-refractivity contribution in [2.45, 2.75) is 33.0 Å². The maximum Gasteiger partial charge on any atom is 0.227 e. The highest BCUT2D eigenvalue weighted by atomic mass is 16.5. The third kappa shape index (κ3) is 3.36. The summed E-state index contributed by atoms with van der Waals surface area (Å²) in [7, 11) is 0. The summed E-state index contributed by atoms with van der Waals surface area (Å²) in [4.78, 5) is 11.2. The Bertz CT molecular complexity index is 382. The molecular weight excluding hydrogens is 212 g/mol. The lowest BCUT2D eigenvalue weighted by Gasteiger charge is -2.05. The quantitative estimate of drug-likeness (QED) is 0.714. The number of ether oxygens (including phenoxy) is 1. The monoisotopic (exact) mass is 228 g/mol. The van der Waals surface area contributed by atoms with Gasteiger partial charge in [-0.1, -0.05) is 13.3 Å². The van der Waals surface area contributed by atoms with Gasteiger partial charge < -0.3 is 19.4 Å². The first kappa shape index (κ1) is 12.7. The first-order valence-electron chi connectivity index (χ1n) is 5.22. The van der Waals surface area contributed by atoms with E-state index in [4.69, 9.17) is 14.3 Å². The zero-order chi connectivity index (χ0) is 12.0. The highest BCUT2D eigenvalue weighted by molar-refractivity contribution is 5.24. The maximum atomic E-state index is 11.2. The Morgan fingerprint density at radius 2 is 2.25 bits per heavy atom. The lowest BCUT2D eigenvalue weighted by Crippen LogP contribution is -2.06. The molecule has 0 saturated heterocycles. The molecule has 0 saturated carbocycles. The molecule has 0 aliphatic rings. The van der Waals surface area contributed by atoms with Crippen molar-refractivity contribution in [3.8, 4) is 5.75 Å². The molecule has 0 spiro atoms. The van der Waals surface area contributed by atoms with Gasteiger partial charge in [0.2, 0.25) is 11.2 Å². The van der Waals surface area contributed by atoms with Crippen molar-refractivity contribution < 1.29 is 19.4 Å². The number of aliphatic hydroxyl groups is 1. The molecule has 0 aliphatic heterocycles. The number of aromatic hydroxyl groups is 1. The van der Waals surface area contributed by atoms with Crippen LogP contribution in [0.15, 0.2) is 15.3 Å². The number of unbranched alkanes of at least 4 members (excludes halogenated alkanes) is 1. The summed E-state index contributed by atoms with van der Waals surface area (Å²) in [5.41, 5.74) is -0.565. The highest BCUT2D eigenvalue weighted by Crippen LogP contribution is 2.13. The topological polar surface area (TPSA) is 79.9 Å². The van der Waals surface area contributed by atoms with Gasteiger partial charge in [-0.3, -0.25) is 4.79 Å². The second-order valence-corrected chi connectivity index (χ2v) is 3.41. The van der Waals surface area contributed by atoms with Gasteiger partial charge in [-0.25, -0.2) is 0 Å². The van der Waals surface area contributed by atoms with Crippen molar-refractivity contribution >= 4 is 0 Å². The Morgan fingerprint density at radius 3 is 2.88 bits per heavy atom. The normalized spacial score (nSPS) is 10.6. The van der Waals surface area contributed by atoms with Crippen LogP contribution in [0.5, 0.6) is 5.75 Å².